The van der Waals surface area contributed by atoms with Crippen LogP contribution in [0.2, 0.25) is 0 Å². The summed E-state index contributed by atoms with van der Waals surface area (Å²) in [4.78, 5) is 14.0. The lowest BCUT2D eigenvalue weighted by atomic mass is 10.3. The molecule has 1 aromatic rings. The number of anilines is 1. The fourth-order valence-electron chi connectivity index (χ4n) is 1.33. The summed E-state index contributed by atoms with van der Waals surface area (Å²) in [5.74, 6) is 0. The molecular weight excluding hydrogens is 284 g/mol. The minimum absolute atomic E-state index is 0.0995. The Kier molecular flexibility index (Phi) is 5.14. The van der Waals surface area contributed by atoms with E-state index in [1.54, 1.807) is 6.20 Å². The van der Waals surface area contributed by atoms with Crippen LogP contribution in [0.4, 0.5) is 5.69 Å². The number of nitrogens with zero attached hydrogens (tertiary/aromatic N) is 3. The second kappa shape index (κ2) is 6.16. The van der Waals surface area contributed by atoms with E-state index < -0.39 is 0 Å². The Morgan fingerprint density at radius 2 is 2.18 bits per heavy atom. The van der Waals surface area contributed by atoms with Crippen molar-refractivity contribution < 1.29 is 0 Å². The van der Waals surface area contributed by atoms with Gasteiger partial charge in [-0.15, -0.1) is 0 Å². The first kappa shape index (κ1) is 14.2. The quantitative estimate of drug-likeness (QED) is 0.893. The molecule has 1 aromatic heterocycles. The number of rotatable bonds is 5. The van der Waals surface area contributed by atoms with Crippen molar-refractivity contribution in [1.29, 1.82) is 0 Å². The highest BCUT2D eigenvalue weighted by molar-refractivity contribution is 9.10. The molecule has 0 spiro atoms. The smallest absolute Gasteiger partial charge is 0.283 e. The molecule has 0 aromatic carbocycles. The highest BCUT2D eigenvalue weighted by atomic mass is 79.9. The second-order valence-corrected chi connectivity index (χ2v) is 5.30. The molecule has 0 bridgehead atoms. The summed E-state index contributed by atoms with van der Waals surface area (Å²) in [6.45, 7) is 5.41. The van der Waals surface area contributed by atoms with Gasteiger partial charge in [-0.05, 0) is 43.9 Å². The van der Waals surface area contributed by atoms with Crippen LogP contribution >= 0.6 is 15.9 Å². The minimum atomic E-state index is -0.0995. The van der Waals surface area contributed by atoms with E-state index in [1.807, 2.05) is 32.8 Å². The van der Waals surface area contributed by atoms with Gasteiger partial charge in [0.2, 0.25) is 0 Å². The molecule has 0 aliphatic carbocycles. The zero-order valence-corrected chi connectivity index (χ0v) is 12.3. The highest BCUT2D eigenvalue weighted by Crippen LogP contribution is 2.16. The SMILES string of the molecule is CC(C)Nc1cnn(CCN(C)C)c(=O)c1Br. The predicted molar refractivity (Wildman–Crippen MR) is 73.5 cm³/mol. The van der Waals surface area contributed by atoms with Crippen LogP contribution in [0.3, 0.4) is 0 Å². The lowest BCUT2D eigenvalue weighted by Gasteiger charge is -2.14. The van der Waals surface area contributed by atoms with Crippen LogP contribution in [-0.2, 0) is 6.54 Å². The van der Waals surface area contributed by atoms with Crippen molar-refractivity contribution in [3.63, 3.8) is 0 Å². The fraction of sp³-hybridized carbons (Fsp3) is 0.636. The summed E-state index contributed by atoms with van der Waals surface area (Å²) in [5.41, 5.74) is 0.642. The molecule has 17 heavy (non-hydrogen) atoms. The maximum atomic E-state index is 12.0. The molecule has 0 atom stereocenters. The fourth-order valence-corrected chi connectivity index (χ4v) is 1.75. The van der Waals surface area contributed by atoms with E-state index in [-0.39, 0.29) is 11.6 Å². The van der Waals surface area contributed by atoms with E-state index in [1.165, 1.54) is 4.68 Å². The molecule has 0 amide bonds. The van der Waals surface area contributed by atoms with E-state index in [4.69, 9.17) is 0 Å². The molecular formula is C11H19BrN4O. The van der Waals surface area contributed by atoms with Crippen molar-refractivity contribution in [1.82, 2.24) is 14.7 Å². The largest absolute Gasteiger partial charge is 0.380 e. The molecule has 0 aliphatic heterocycles. The van der Waals surface area contributed by atoms with Crippen LogP contribution in [-0.4, -0.2) is 41.4 Å². The zero-order valence-electron chi connectivity index (χ0n) is 10.7. The number of halogens is 1. The van der Waals surface area contributed by atoms with Crippen molar-refractivity contribution in [3.8, 4) is 0 Å². The molecule has 1 rings (SSSR count). The molecule has 96 valence electrons. The van der Waals surface area contributed by atoms with Gasteiger partial charge in [0.15, 0.2) is 0 Å². The number of aromatic nitrogens is 2. The van der Waals surface area contributed by atoms with Crippen molar-refractivity contribution in [2.75, 3.05) is 26.0 Å². The van der Waals surface area contributed by atoms with Crippen molar-refractivity contribution in [3.05, 3.63) is 21.0 Å². The van der Waals surface area contributed by atoms with Crippen LogP contribution < -0.4 is 10.9 Å². The Morgan fingerprint density at radius 1 is 1.53 bits per heavy atom. The third kappa shape index (κ3) is 4.12. The first-order valence-corrected chi connectivity index (χ1v) is 6.38. The molecule has 5 nitrogen and oxygen atoms in total. The molecule has 0 unspecified atom stereocenters. The van der Waals surface area contributed by atoms with Gasteiger partial charge in [-0.2, -0.15) is 5.10 Å². The number of hydrogen-bond donors (Lipinski definition) is 1. The minimum Gasteiger partial charge on any atom is -0.380 e. The lowest BCUT2D eigenvalue weighted by Crippen LogP contribution is -2.29. The van der Waals surface area contributed by atoms with Gasteiger partial charge in [-0.25, -0.2) is 4.68 Å². The maximum Gasteiger partial charge on any atom is 0.283 e. The zero-order chi connectivity index (χ0) is 13.0. The highest BCUT2D eigenvalue weighted by Gasteiger charge is 2.09. The molecule has 1 N–H and O–H groups in total. The maximum absolute atomic E-state index is 12.0. The summed E-state index contributed by atoms with van der Waals surface area (Å²) >= 11 is 3.32. The Morgan fingerprint density at radius 3 is 2.71 bits per heavy atom. The van der Waals surface area contributed by atoms with Crippen LogP contribution in [0.15, 0.2) is 15.5 Å². The first-order chi connectivity index (χ1) is 7.91. The Labute approximate surface area is 110 Å². The van der Waals surface area contributed by atoms with E-state index in [0.29, 0.717) is 11.0 Å². The van der Waals surface area contributed by atoms with Gasteiger partial charge in [0.1, 0.15) is 4.47 Å². The Hall–Kier alpha value is -0.880. The number of nitrogens with one attached hydrogen (secondary N) is 1. The summed E-state index contributed by atoms with van der Waals surface area (Å²) in [6.07, 6.45) is 1.68. The molecule has 6 heteroatoms. The molecule has 1 heterocycles. The van der Waals surface area contributed by atoms with Gasteiger partial charge in [0.05, 0.1) is 18.4 Å². The third-order valence-electron chi connectivity index (χ3n) is 2.19. The van der Waals surface area contributed by atoms with E-state index in [2.05, 4.69) is 26.3 Å². The van der Waals surface area contributed by atoms with Gasteiger partial charge in [-0.3, -0.25) is 4.79 Å². The predicted octanol–water partition coefficient (Wildman–Crippen LogP) is 1.39. The topological polar surface area (TPSA) is 50.2 Å². The second-order valence-electron chi connectivity index (χ2n) is 4.50. The molecule has 0 radical (unpaired) electrons. The summed E-state index contributed by atoms with van der Waals surface area (Å²) < 4.78 is 2.01. The Bertz CT molecular complexity index is 428. The van der Waals surface area contributed by atoms with Crippen LogP contribution in [0.5, 0.6) is 0 Å². The molecule has 0 saturated heterocycles. The van der Waals surface area contributed by atoms with Crippen molar-refractivity contribution in [2.45, 2.75) is 26.4 Å². The van der Waals surface area contributed by atoms with Gasteiger partial charge < -0.3 is 10.2 Å². The van der Waals surface area contributed by atoms with Crippen LogP contribution in [0, 0.1) is 0 Å². The van der Waals surface area contributed by atoms with Crippen molar-refractivity contribution in [2.24, 2.45) is 0 Å². The molecule has 0 aliphatic rings. The summed E-state index contributed by atoms with van der Waals surface area (Å²) in [7, 11) is 3.93. The molecule has 0 saturated carbocycles. The summed E-state index contributed by atoms with van der Waals surface area (Å²) in [5, 5.41) is 7.32. The van der Waals surface area contributed by atoms with E-state index in [9.17, 15) is 4.79 Å². The molecule has 0 fully saturated rings. The first-order valence-electron chi connectivity index (χ1n) is 5.58. The van der Waals surface area contributed by atoms with E-state index in [0.717, 1.165) is 12.2 Å². The monoisotopic (exact) mass is 302 g/mol. The van der Waals surface area contributed by atoms with Gasteiger partial charge in [0.25, 0.3) is 5.56 Å². The lowest BCUT2D eigenvalue weighted by molar-refractivity contribution is 0.367. The number of hydrogen-bond acceptors (Lipinski definition) is 4. The normalized spacial score (nSPS) is 11.2. The number of likely N-dealkylation sites (N-methyl/N-ethyl adjacent to an activating group) is 1. The average molecular weight is 303 g/mol. The van der Waals surface area contributed by atoms with E-state index >= 15 is 0 Å². The summed E-state index contributed by atoms with van der Waals surface area (Å²) in [6, 6.07) is 0.269. The standard InChI is InChI=1S/C11H19BrN4O/c1-8(2)14-9-7-13-16(6-5-15(3)4)11(17)10(9)12/h7-8,14H,5-6H2,1-4H3. The van der Waals surface area contributed by atoms with Gasteiger partial charge >= 0.3 is 0 Å². The third-order valence-corrected chi connectivity index (χ3v) is 2.95. The van der Waals surface area contributed by atoms with Gasteiger partial charge in [0, 0.05) is 12.6 Å². The average Bonchev–Trinajstić information content (AvgIpc) is 2.23. The van der Waals surface area contributed by atoms with Crippen LogP contribution in [0.25, 0.3) is 0 Å². The van der Waals surface area contributed by atoms with Crippen LogP contribution in [0.1, 0.15) is 13.8 Å². The van der Waals surface area contributed by atoms with Crippen molar-refractivity contribution >= 4 is 21.6 Å². The Balaban J connectivity index is 2.90. The van der Waals surface area contributed by atoms with Gasteiger partial charge in [-0.1, -0.05) is 0 Å².